The molecule has 5 atom stereocenters. The number of fused-ring (bicyclic) bond motifs is 2. The van der Waals surface area contributed by atoms with Gasteiger partial charge in [-0.05, 0) is 103 Å². The Hall–Kier alpha value is -8.17. The number of aromatic nitrogens is 2. The predicted molar refractivity (Wildman–Crippen MR) is 325 cm³/mol. The Morgan fingerprint density at radius 3 is 1.65 bits per heavy atom. The fraction of sp³-hybridized carbons (Fsp3) is 0.470. The van der Waals surface area contributed by atoms with E-state index in [0.29, 0.717) is 58.9 Å². The zero-order chi connectivity index (χ0) is 62.1. The lowest BCUT2D eigenvalue weighted by atomic mass is 9.88. The summed E-state index contributed by atoms with van der Waals surface area (Å²) in [4.78, 5) is 130. The van der Waals surface area contributed by atoms with Crippen LogP contribution in [0.4, 0.5) is 14.4 Å². The highest BCUT2D eigenvalue weighted by atomic mass is 16.6. The number of ketones is 4. The highest BCUT2D eigenvalue weighted by molar-refractivity contribution is 5.99. The van der Waals surface area contributed by atoms with Crippen molar-refractivity contribution in [3.63, 3.8) is 0 Å². The molecule has 0 bridgehead atoms. The molecule has 3 aromatic carbocycles. The number of benzene rings is 3. The Kier molecular flexibility index (Phi) is 24.1. The molecule has 2 aromatic heterocycles. The van der Waals surface area contributed by atoms with Crippen molar-refractivity contribution < 1.29 is 52.6 Å². The molecule has 0 saturated carbocycles. The van der Waals surface area contributed by atoms with Crippen LogP contribution in [0, 0.1) is 30.1 Å². The molecule has 0 aliphatic rings. The highest BCUT2D eigenvalue weighted by Gasteiger charge is 2.35. The molecule has 0 radical (unpaired) electrons. The first kappa shape index (κ1) is 66.6. The third-order valence-corrected chi connectivity index (χ3v) is 14.2. The number of likely N-dealkylation sites (N-methyl/N-ethyl adjacent to an activating group) is 1. The summed E-state index contributed by atoms with van der Waals surface area (Å²) in [6.07, 6.45) is 9.30. The van der Waals surface area contributed by atoms with Crippen molar-refractivity contribution >= 4 is 75.0 Å². The van der Waals surface area contributed by atoms with Crippen LogP contribution in [0.2, 0.25) is 0 Å². The van der Waals surface area contributed by atoms with Crippen molar-refractivity contribution in [2.24, 2.45) is 17.8 Å². The first-order valence-corrected chi connectivity index (χ1v) is 28.8. The van der Waals surface area contributed by atoms with Gasteiger partial charge < -0.3 is 35.2 Å². The summed E-state index contributed by atoms with van der Waals surface area (Å²) in [5, 5.41) is 9.87. The molecule has 0 aliphatic heterocycles. The Morgan fingerprint density at radius 2 is 1.15 bits per heavy atom. The second-order valence-electron chi connectivity index (χ2n) is 23.9. The highest BCUT2D eigenvalue weighted by Crippen LogP contribution is 2.28. The van der Waals surface area contributed by atoms with Crippen LogP contribution in [0.5, 0.6) is 0 Å². The molecule has 0 saturated heterocycles. The molecular weight excluding hydrogens is 1070 g/mol. The number of terminal acetylenes is 1. The number of hydrogen-bond donors (Lipinski definition) is 3. The summed E-state index contributed by atoms with van der Waals surface area (Å²) in [5.74, 6) is -2.95. The van der Waals surface area contributed by atoms with Gasteiger partial charge in [0, 0.05) is 79.6 Å². The number of hydrogen-bond acceptors (Lipinski definition) is 12. The number of nitrogens with zero attached hydrogens (tertiary/aromatic N) is 4. The van der Waals surface area contributed by atoms with Crippen molar-refractivity contribution in [2.75, 3.05) is 33.2 Å². The lowest BCUT2D eigenvalue weighted by molar-refractivity contribution is -0.134. The number of urea groups is 1. The van der Waals surface area contributed by atoms with Gasteiger partial charge in [-0.25, -0.2) is 14.4 Å². The van der Waals surface area contributed by atoms with Gasteiger partial charge in [0.1, 0.15) is 11.2 Å². The Morgan fingerprint density at radius 1 is 0.655 bits per heavy atom. The average Bonchev–Trinajstić information content (AvgIpc) is 3.15. The zero-order valence-corrected chi connectivity index (χ0v) is 50.8. The summed E-state index contributed by atoms with van der Waals surface area (Å²) in [5.41, 5.74) is 1.01. The van der Waals surface area contributed by atoms with Crippen LogP contribution in [-0.2, 0) is 57.5 Å². The fourth-order valence-corrected chi connectivity index (χ4v) is 9.72. The van der Waals surface area contributed by atoms with E-state index in [9.17, 15) is 38.4 Å². The standard InChI is InChI=1S/C66H85N7O11/c1-14-32-70(13)34-24-29-51(56(74)16-3)67-61(79)46(36-45-25-18-17-19-26-45)39-58(76)52(37-47-40-72(63(81)83-65(7,8)9)54-30-22-20-27-49(47)54)68-60(78)44(6)35-57(75)53(69-62(80)71(33-15-2)42-59(77)43(4)5)38-48-41-73(64(82)84-66(10,11)12)55-31-23-21-28-50(48)55/h2,14,17-23,25-28,30-31,40-41,43-44,46,51-53H,1,16,24,29,32-39,42H2,3-13H3,(H,67,79)(H,68,78)(H,69,80)/t44-,46+,51+,52+,53-/m1/s1. The SMILES string of the molecule is C#CCN(CC(=O)C(C)C)C(=O)N[C@H](Cc1cn(C(=O)OC(C)(C)C)c2ccccc12)C(=O)C[C@@H](C)C(=O)N[C@@H](Cc1cn(C(=O)OC(C)(C)C)c2ccccc12)C(=O)C[C@H](Cc1ccccc1)C(=O)N[C@@H](CCCN(C)CC=C)C(=O)CC. The van der Waals surface area contributed by atoms with Gasteiger partial charge in [-0.15, -0.1) is 13.0 Å². The van der Waals surface area contributed by atoms with Gasteiger partial charge in [-0.3, -0.25) is 37.9 Å². The number of Topliss-reactive ketones (excluding diaryl/α,β-unsaturated/α-hetero) is 4. The molecule has 18 nitrogen and oxygen atoms in total. The minimum atomic E-state index is -1.34. The van der Waals surface area contributed by atoms with E-state index in [1.54, 1.807) is 123 Å². The Bertz CT molecular complexity index is 3210. The van der Waals surface area contributed by atoms with Crippen molar-refractivity contribution in [3.8, 4) is 12.3 Å². The van der Waals surface area contributed by atoms with Gasteiger partial charge in [-0.1, -0.05) is 106 Å². The van der Waals surface area contributed by atoms with Crippen LogP contribution in [0.3, 0.4) is 0 Å². The van der Waals surface area contributed by atoms with Gasteiger partial charge in [-0.2, -0.15) is 0 Å². The van der Waals surface area contributed by atoms with E-state index in [0.717, 1.165) is 10.5 Å². The topological polar surface area (TPSA) is 225 Å². The van der Waals surface area contributed by atoms with Gasteiger partial charge in [0.15, 0.2) is 23.1 Å². The molecule has 450 valence electrons. The van der Waals surface area contributed by atoms with Crippen LogP contribution in [0.15, 0.2) is 104 Å². The molecular formula is C66H85N7O11. The van der Waals surface area contributed by atoms with Gasteiger partial charge in [0.25, 0.3) is 0 Å². The maximum atomic E-state index is 15.2. The van der Waals surface area contributed by atoms with E-state index < -0.39 is 95.1 Å². The number of carbonyl (C=O) groups excluding carboxylic acids is 9. The van der Waals surface area contributed by atoms with E-state index in [4.69, 9.17) is 15.9 Å². The van der Waals surface area contributed by atoms with Crippen LogP contribution in [0.1, 0.15) is 118 Å². The first-order chi connectivity index (χ1) is 39.6. The number of amides is 4. The number of nitrogens with one attached hydrogen (secondary N) is 3. The fourth-order valence-electron chi connectivity index (χ4n) is 9.72. The van der Waals surface area contributed by atoms with Gasteiger partial charge in [0.2, 0.25) is 11.8 Å². The molecule has 0 spiro atoms. The van der Waals surface area contributed by atoms with E-state index in [1.165, 1.54) is 22.3 Å². The molecule has 18 heteroatoms. The van der Waals surface area contributed by atoms with Crippen molar-refractivity contribution in [3.05, 3.63) is 121 Å². The number of carbonyl (C=O) groups is 9. The Labute approximate surface area is 494 Å². The van der Waals surface area contributed by atoms with Crippen molar-refractivity contribution in [1.29, 1.82) is 0 Å². The number of para-hydroxylation sites is 2. The largest absolute Gasteiger partial charge is 0.443 e. The van der Waals surface area contributed by atoms with E-state index >= 15 is 4.79 Å². The minimum absolute atomic E-state index is 0.116. The van der Waals surface area contributed by atoms with Crippen LogP contribution < -0.4 is 16.0 Å². The van der Waals surface area contributed by atoms with Gasteiger partial charge in [0.05, 0.1) is 42.2 Å². The normalized spacial score (nSPS) is 13.5. The molecule has 5 aromatic rings. The monoisotopic (exact) mass is 1150 g/mol. The molecule has 0 fully saturated rings. The summed E-state index contributed by atoms with van der Waals surface area (Å²) in [6, 6.07) is 18.9. The summed E-state index contributed by atoms with van der Waals surface area (Å²) >= 11 is 0. The van der Waals surface area contributed by atoms with Crippen LogP contribution in [-0.4, -0.2) is 135 Å². The lowest BCUT2D eigenvalue weighted by Crippen LogP contribution is -2.51. The molecule has 3 N–H and O–H groups in total. The third-order valence-electron chi connectivity index (χ3n) is 14.2. The Balaban J connectivity index is 1.53. The third kappa shape index (κ3) is 19.5. The minimum Gasteiger partial charge on any atom is -0.443 e. The van der Waals surface area contributed by atoms with Gasteiger partial charge >= 0.3 is 18.2 Å². The zero-order valence-electron chi connectivity index (χ0n) is 50.8. The van der Waals surface area contributed by atoms with Crippen LogP contribution >= 0.6 is 0 Å². The van der Waals surface area contributed by atoms with Crippen molar-refractivity contribution in [1.82, 2.24) is 34.9 Å². The van der Waals surface area contributed by atoms with Crippen LogP contribution in [0.25, 0.3) is 21.8 Å². The maximum Gasteiger partial charge on any atom is 0.419 e. The molecule has 0 aliphatic carbocycles. The quantitative estimate of drug-likeness (QED) is 0.0301. The lowest BCUT2D eigenvalue weighted by Gasteiger charge is -2.26. The van der Waals surface area contributed by atoms with E-state index in [-0.39, 0.29) is 56.8 Å². The summed E-state index contributed by atoms with van der Waals surface area (Å²) in [7, 11) is 1.94. The molecule has 0 unspecified atom stereocenters. The summed E-state index contributed by atoms with van der Waals surface area (Å²) in [6.45, 7) is 21.5. The number of ether oxygens (including phenoxy) is 2. The first-order valence-electron chi connectivity index (χ1n) is 28.8. The van der Waals surface area contributed by atoms with E-state index in [2.05, 4.69) is 33.3 Å². The molecule has 2 heterocycles. The predicted octanol–water partition coefficient (Wildman–Crippen LogP) is 9.45. The second-order valence-corrected chi connectivity index (χ2v) is 23.9. The average molecular weight is 1150 g/mol. The summed E-state index contributed by atoms with van der Waals surface area (Å²) < 4.78 is 14.1. The van der Waals surface area contributed by atoms with E-state index in [1.807, 2.05) is 37.4 Å². The second kappa shape index (κ2) is 30.4. The molecule has 5 rings (SSSR count). The van der Waals surface area contributed by atoms with Crippen molar-refractivity contribution in [2.45, 2.75) is 150 Å². The maximum absolute atomic E-state index is 15.2. The smallest absolute Gasteiger partial charge is 0.419 e. The molecule has 4 amide bonds. The number of rotatable bonds is 29. The molecule has 84 heavy (non-hydrogen) atoms.